The number of hydrogen-bond acceptors (Lipinski definition) is 4. The van der Waals surface area contributed by atoms with Gasteiger partial charge in [-0.15, -0.1) is 0 Å². The van der Waals surface area contributed by atoms with E-state index < -0.39 is 7.27 Å². The molecule has 0 aromatic heterocycles. The van der Waals surface area contributed by atoms with E-state index in [2.05, 4.69) is 4.99 Å². The highest BCUT2D eigenvalue weighted by Crippen LogP contribution is 2.20. The van der Waals surface area contributed by atoms with Crippen molar-refractivity contribution in [1.82, 2.24) is 9.80 Å². The van der Waals surface area contributed by atoms with E-state index in [1.54, 1.807) is 31.5 Å². The predicted molar refractivity (Wildman–Crippen MR) is 109 cm³/mol. The molecule has 2 rings (SSSR count). The van der Waals surface area contributed by atoms with Crippen LogP contribution in [0.3, 0.4) is 0 Å². The van der Waals surface area contributed by atoms with Gasteiger partial charge in [-0.25, -0.2) is 4.99 Å². The van der Waals surface area contributed by atoms with Crippen molar-refractivity contribution in [3.8, 4) is 0 Å². The van der Waals surface area contributed by atoms with E-state index in [0.29, 0.717) is 11.4 Å². The Kier molecular flexibility index (Phi) is 6.77. The SMILES string of the molecule is CCN(CC)c1ccc(/C=C2N=C(/C=C/N(C)C)N(C)C\2=O)c(B(F)F)c1. The second-order valence-corrected chi connectivity index (χ2v) is 6.43. The summed E-state index contributed by atoms with van der Waals surface area (Å²) in [6, 6.07) is 4.91. The number of likely N-dealkylation sites (N-methyl/N-ethyl adjacent to an activating group) is 1. The maximum Gasteiger partial charge on any atom is 0.572 e. The van der Waals surface area contributed by atoms with Crippen LogP contribution < -0.4 is 10.4 Å². The molecule has 0 radical (unpaired) electrons. The van der Waals surface area contributed by atoms with Crippen molar-refractivity contribution in [2.75, 3.05) is 39.1 Å². The van der Waals surface area contributed by atoms with Crippen LogP contribution in [0.4, 0.5) is 14.3 Å². The lowest BCUT2D eigenvalue weighted by Gasteiger charge is -2.22. The van der Waals surface area contributed by atoms with Gasteiger partial charge in [0.15, 0.2) is 0 Å². The lowest BCUT2D eigenvalue weighted by molar-refractivity contribution is -0.121. The Morgan fingerprint density at radius 1 is 1.22 bits per heavy atom. The second kappa shape index (κ2) is 8.84. The van der Waals surface area contributed by atoms with Crippen LogP contribution >= 0.6 is 0 Å². The molecule has 0 aliphatic carbocycles. The molecule has 0 bridgehead atoms. The molecule has 0 spiro atoms. The zero-order chi connectivity index (χ0) is 20.1. The molecular formula is C19H25BF2N4O. The van der Waals surface area contributed by atoms with Crippen LogP contribution in [-0.2, 0) is 4.79 Å². The van der Waals surface area contributed by atoms with Crippen molar-refractivity contribution in [3.63, 3.8) is 0 Å². The molecule has 144 valence electrons. The number of anilines is 1. The molecular weight excluding hydrogens is 349 g/mol. The number of amides is 1. The number of carbonyl (C=O) groups excluding carboxylic acids is 1. The molecule has 0 atom stereocenters. The van der Waals surface area contributed by atoms with Gasteiger partial charge in [0.05, 0.1) is 0 Å². The molecule has 5 nitrogen and oxygen atoms in total. The minimum Gasteiger partial charge on any atom is -0.383 e. The molecule has 1 aliphatic heterocycles. The summed E-state index contributed by atoms with van der Waals surface area (Å²) in [6.07, 6.45) is 4.91. The molecule has 1 aromatic rings. The predicted octanol–water partition coefficient (Wildman–Crippen LogP) is 2.45. The zero-order valence-corrected chi connectivity index (χ0v) is 16.4. The maximum absolute atomic E-state index is 13.6. The Morgan fingerprint density at radius 3 is 2.44 bits per heavy atom. The Labute approximate surface area is 159 Å². The lowest BCUT2D eigenvalue weighted by Crippen LogP contribution is -2.28. The Morgan fingerprint density at radius 2 is 1.89 bits per heavy atom. The topological polar surface area (TPSA) is 39.1 Å². The fraction of sp³-hybridized carbons (Fsp3) is 0.368. The molecule has 8 heteroatoms. The summed E-state index contributed by atoms with van der Waals surface area (Å²) in [5.41, 5.74) is 1.09. The van der Waals surface area contributed by atoms with Crippen molar-refractivity contribution in [2.24, 2.45) is 4.99 Å². The van der Waals surface area contributed by atoms with Crippen molar-refractivity contribution in [2.45, 2.75) is 13.8 Å². The molecule has 1 heterocycles. The number of benzene rings is 1. The first-order chi connectivity index (χ1) is 12.8. The van der Waals surface area contributed by atoms with Gasteiger partial charge in [0.25, 0.3) is 5.91 Å². The Bertz CT molecular complexity index is 786. The van der Waals surface area contributed by atoms with E-state index in [1.807, 2.05) is 37.7 Å². The van der Waals surface area contributed by atoms with E-state index in [-0.39, 0.29) is 17.1 Å². The minimum atomic E-state index is -2.64. The molecule has 1 aliphatic rings. The van der Waals surface area contributed by atoms with Gasteiger partial charge in [-0.05, 0) is 43.7 Å². The van der Waals surface area contributed by atoms with E-state index in [1.165, 1.54) is 17.0 Å². The van der Waals surface area contributed by atoms with Gasteiger partial charge in [0, 0.05) is 51.6 Å². The summed E-state index contributed by atoms with van der Waals surface area (Å²) in [5, 5.41) is 0. The largest absolute Gasteiger partial charge is 0.572 e. The number of amidine groups is 1. The highest BCUT2D eigenvalue weighted by molar-refractivity contribution is 6.61. The average molecular weight is 374 g/mol. The van der Waals surface area contributed by atoms with Crippen molar-refractivity contribution in [3.05, 3.63) is 41.7 Å². The van der Waals surface area contributed by atoms with Gasteiger partial charge in [0.2, 0.25) is 0 Å². The number of hydrogen-bond donors (Lipinski definition) is 0. The number of nitrogens with zero attached hydrogens (tertiary/aromatic N) is 4. The van der Waals surface area contributed by atoms with Gasteiger partial charge in [-0.3, -0.25) is 18.3 Å². The number of rotatable bonds is 7. The van der Waals surface area contributed by atoms with Gasteiger partial charge in [-0.1, -0.05) is 6.07 Å². The third-order valence-electron chi connectivity index (χ3n) is 4.35. The summed E-state index contributed by atoms with van der Waals surface area (Å²) in [5.74, 6) is 0.153. The van der Waals surface area contributed by atoms with Crippen LogP contribution in [0.2, 0.25) is 0 Å². The van der Waals surface area contributed by atoms with Gasteiger partial charge in [-0.2, -0.15) is 0 Å². The van der Waals surface area contributed by atoms with Crippen LogP contribution in [-0.4, -0.2) is 63.0 Å². The van der Waals surface area contributed by atoms with E-state index in [9.17, 15) is 13.4 Å². The van der Waals surface area contributed by atoms with E-state index in [0.717, 1.165) is 18.8 Å². The first kappa shape index (κ1) is 20.7. The fourth-order valence-electron chi connectivity index (χ4n) is 2.80. The standard InChI is InChI=1S/C19H25BF2N4O/c1-6-26(7-2)15-9-8-14(16(13-15)20(21)22)12-17-19(27)25(5)18(23-17)10-11-24(3)4/h8-13H,6-7H2,1-5H3/b11-10+,17-12-. The third-order valence-corrected chi connectivity index (χ3v) is 4.35. The van der Waals surface area contributed by atoms with Crippen LogP contribution in [0.5, 0.6) is 0 Å². The minimum absolute atomic E-state index is 0.102. The number of halogens is 2. The first-order valence-electron chi connectivity index (χ1n) is 8.88. The molecule has 1 amide bonds. The van der Waals surface area contributed by atoms with Crippen LogP contribution in [0, 0.1) is 0 Å². The molecule has 0 saturated heterocycles. The summed E-state index contributed by atoms with van der Waals surface area (Å²) in [4.78, 5) is 21.9. The number of aliphatic imine (C=N–C) groups is 1. The molecule has 1 aromatic carbocycles. The monoisotopic (exact) mass is 374 g/mol. The average Bonchev–Trinajstić information content (AvgIpc) is 2.89. The quantitative estimate of drug-likeness (QED) is 0.544. The van der Waals surface area contributed by atoms with E-state index in [4.69, 9.17) is 0 Å². The van der Waals surface area contributed by atoms with E-state index >= 15 is 0 Å². The number of carbonyl (C=O) groups is 1. The Hall–Kier alpha value is -2.64. The van der Waals surface area contributed by atoms with Crippen LogP contribution in [0.25, 0.3) is 6.08 Å². The summed E-state index contributed by atoms with van der Waals surface area (Å²) < 4.78 is 27.2. The van der Waals surface area contributed by atoms with Gasteiger partial charge in [0.1, 0.15) is 11.5 Å². The normalized spacial score (nSPS) is 15.7. The van der Waals surface area contributed by atoms with Gasteiger partial charge < -0.3 is 9.80 Å². The molecule has 0 unspecified atom stereocenters. The van der Waals surface area contributed by atoms with Crippen LogP contribution in [0.15, 0.2) is 41.2 Å². The van der Waals surface area contributed by atoms with Crippen molar-refractivity contribution >= 4 is 36.2 Å². The fourth-order valence-corrected chi connectivity index (χ4v) is 2.80. The maximum atomic E-state index is 13.6. The summed E-state index contributed by atoms with van der Waals surface area (Å²) >= 11 is 0. The first-order valence-corrected chi connectivity index (χ1v) is 8.88. The van der Waals surface area contributed by atoms with Crippen molar-refractivity contribution in [1.29, 1.82) is 0 Å². The molecule has 0 fully saturated rings. The Balaban J connectivity index is 2.44. The molecule has 27 heavy (non-hydrogen) atoms. The van der Waals surface area contributed by atoms with Crippen molar-refractivity contribution < 1.29 is 13.4 Å². The highest BCUT2D eigenvalue weighted by atomic mass is 19.2. The molecule has 0 saturated carbocycles. The summed E-state index contributed by atoms with van der Waals surface area (Å²) in [6.45, 7) is 5.42. The third kappa shape index (κ3) is 4.75. The second-order valence-electron chi connectivity index (χ2n) is 6.43. The molecule has 0 N–H and O–H groups in total. The summed E-state index contributed by atoms with van der Waals surface area (Å²) in [7, 11) is 2.69. The van der Waals surface area contributed by atoms with Gasteiger partial charge >= 0.3 is 7.27 Å². The lowest BCUT2D eigenvalue weighted by atomic mass is 9.81. The smallest absolute Gasteiger partial charge is 0.383 e. The highest BCUT2D eigenvalue weighted by Gasteiger charge is 2.27. The zero-order valence-electron chi connectivity index (χ0n) is 16.4. The van der Waals surface area contributed by atoms with Crippen LogP contribution in [0.1, 0.15) is 19.4 Å².